The van der Waals surface area contributed by atoms with Gasteiger partial charge in [-0.2, -0.15) is 8.78 Å². The van der Waals surface area contributed by atoms with Gasteiger partial charge in [-0.25, -0.2) is 9.97 Å². The van der Waals surface area contributed by atoms with Crippen molar-refractivity contribution in [3.05, 3.63) is 18.1 Å². The van der Waals surface area contributed by atoms with Crippen LogP contribution in [-0.2, 0) is 4.74 Å². The Labute approximate surface area is 94.9 Å². The molecule has 1 heterocycles. The summed E-state index contributed by atoms with van der Waals surface area (Å²) in [5, 5.41) is 11.1. The molecule has 0 atom stereocenters. The fourth-order valence-electron chi connectivity index (χ4n) is 0.858. The van der Waals surface area contributed by atoms with Crippen molar-refractivity contribution in [2.45, 2.75) is 6.61 Å². The van der Waals surface area contributed by atoms with Crippen molar-refractivity contribution in [2.24, 2.45) is 10.9 Å². The Bertz CT molecular complexity index is 372. The van der Waals surface area contributed by atoms with Crippen LogP contribution in [0.1, 0.15) is 5.69 Å². The second-order valence-corrected chi connectivity index (χ2v) is 2.71. The molecule has 1 aromatic rings. The molecule has 0 fully saturated rings. The molecule has 0 bridgehead atoms. The maximum absolute atomic E-state index is 11.6. The van der Waals surface area contributed by atoms with E-state index in [1.54, 1.807) is 0 Å². The van der Waals surface area contributed by atoms with Crippen LogP contribution in [0, 0.1) is 0 Å². The van der Waals surface area contributed by atoms with Gasteiger partial charge in [0.1, 0.15) is 12.3 Å². The van der Waals surface area contributed by atoms with Crippen molar-refractivity contribution >= 4 is 5.84 Å². The molecule has 0 unspecified atom stereocenters. The van der Waals surface area contributed by atoms with Crippen LogP contribution >= 0.6 is 0 Å². The van der Waals surface area contributed by atoms with Crippen molar-refractivity contribution in [3.63, 3.8) is 0 Å². The molecule has 94 valence electrons. The molecule has 0 aliphatic carbocycles. The van der Waals surface area contributed by atoms with Gasteiger partial charge in [0.25, 0.3) is 0 Å². The lowest BCUT2D eigenvalue weighted by Crippen LogP contribution is -2.16. The highest BCUT2D eigenvalue weighted by atomic mass is 19.3. The van der Waals surface area contributed by atoms with Crippen molar-refractivity contribution in [2.75, 3.05) is 13.2 Å². The molecule has 0 aliphatic heterocycles. The molecule has 1 aromatic heterocycles. The monoisotopic (exact) mass is 248 g/mol. The third-order valence-electron chi connectivity index (χ3n) is 1.58. The minimum absolute atomic E-state index is 0.0814. The molecule has 0 saturated heterocycles. The topological polar surface area (TPSA) is 103 Å². The van der Waals surface area contributed by atoms with Gasteiger partial charge >= 0.3 is 6.61 Å². The number of hydrogen-bond donors (Lipinski definition) is 2. The van der Waals surface area contributed by atoms with Gasteiger partial charge in [-0.1, -0.05) is 5.16 Å². The number of rotatable bonds is 6. The summed E-state index contributed by atoms with van der Waals surface area (Å²) in [5.41, 5.74) is 5.42. The van der Waals surface area contributed by atoms with E-state index in [0.29, 0.717) is 0 Å². The van der Waals surface area contributed by atoms with Gasteiger partial charge in [-0.3, -0.25) is 0 Å². The lowest BCUT2D eigenvalue weighted by atomic mass is 10.4. The van der Waals surface area contributed by atoms with Gasteiger partial charge in [0.15, 0.2) is 5.84 Å². The smallest absolute Gasteiger partial charge is 0.345 e. The zero-order chi connectivity index (χ0) is 12.7. The van der Waals surface area contributed by atoms with E-state index in [1.165, 1.54) is 12.4 Å². The second-order valence-electron chi connectivity index (χ2n) is 2.71. The Morgan fingerprint density at radius 1 is 1.41 bits per heavy atom. The van der Waals surface area contributed by atoms with Crippen LogP contribution in [0.2, 0.25) is 0 Å². The van der Waals surface area contributed by atoms with Crippen molar-refractivity contribution < 1.29 is 23.5 Å². The highest BCUT2D eigenvalue weighted by Gasteiger charge is 2.04. The lowest BCUT2D eigenvalue weighted by Gasteiger charge is -2.05. The van der Waals surface area contributed by atoms with Crippen molar-refractivity contribution in [3.8, 4) is 5.88 Å². The summed E-state index contributed by atoms with van der Waals surface area (Å²) in [7, 11) is 0. The molecule has 0 amide bonds. The fourth-order valence-corrected chi connectivity index (χ4v) is 0.858. The van der Waals surface area contributed by atoms with E-state index in [0.717, 1.165) is 0 Å². The van der Waals surface area contributed by atoms with Crippen molar-refractivity contribution in [1.29, 1.82) is 0 Å². The molecule has 3 N–H and O–H groups in total. The standard InChI is InChI=1S/C8H10F2N4O3/c9-8(10)17-2-1-16-6-4-12-5(3-13-6)7(11)14-15/h3-4,8,15H,1-2H2,(H2,11,14). The van der Waals surface area contributed by atoms with Crippen LogP contribution in [0.5, 0.6) is 5.88 Å². The fraction of sp³-hybridized carbons (Fsp3) is 0.375. The molecule has 0 aromatic carbocycles. The highest BCUT2D eigenvalue weighted by molar-refractivity contribution is 5.94. The predicted molar refractivity (Wildman–Crippen MR) is 52.0 cm³/mol. The van der Waals surface area contributed by atoms with E-state index in [-0.39, 0.29) is 30.6 Å². The van der Waals surface area contributed by atoms with Crippen molar-refractivity contribution in [1.82, 2.24) is 9.97 Å². The maximum Gasteiger partial charge on any atom is 0.345 e. The van der Waals surface area contributed by atoms with Gasteiger partial charge in [0.05, 0.1) is 19.0 Å². The molecule has 0 spiro atoms. The number of oxime groups is 1. The summed E-state index contributed by atoms with van der Waals surface area (Å²) in [6, 6.07) is 0. The van der Waals surface area contributed by atoms with Crippen LogP contribution in [0.15, 0.2) is 17.5 Å². The first-order chi connectivity index (χ1) is 8.13. The SMILES string of the molecule is NC(=NO)c1cnc(OCCOC(F)F)cn1. The maximum atomic E-state index is 11.6. The van der Waals surface area contributed by atoms with Crippen LogP contribution < -0.4 is 10.5 Å². The van der Waals surface area contributed by atoms with Crippen LogP contribution in [0.3, 0.4) is 0 Å². The number of nitrogens with zero attached hydrogens (tertiary/aromatic N) is 3. The third kappa shape index (κ3) is 4.55. The van der Waals surface area contributed by atoms with Crippen LogP contribution in [0.4, 0.5) is 8.78 Å². The Hall–Kier alpha value is -2.03. The summed E-state index contributed by atoms with van der Waals surface area (Å²) < 4.78 is 32.1. The van der Waals surface area contributed by atoms with E-state index < -0.39 is 6.61 Å². The van der Waals surface area contributed by atoms with E-state index in [2.05, 4.69) is 19.9 Å². The Kier molecular flexibility index (Phi) is 5.01. The number of amidine groups is 1. The number of aromatic nitrogens is 2. The summed E-state index contributed by atoms with van der Waals surface area (Å²) in [6.45, 7) is -3.17. The first-order valence-electron chi connectivity index (χ1n) is 4.46. The molecule has 17 heavy (non-hydrogen) atoms. The van der Waals surface area contributed by atoms with E-state index in [9.17, 15) is 8.78 Å². The molecule has 0 aliphatic rings. The average molecular weight is 248 g/mol. The van der Waals surface area contributed by atoms with Gasteiger partial charge in [-0.05, 0) is 0 Å². The quantitative estimate of drug-likeness (QED) is 0.245. The highest BCUT2D eigenvalue weighted by Crippen LogP contribution is 2.04. The second kappa shape index (κ2) is 6.53. The lowest BCUT2D eigenvalue weighted by molar-refractivity contribution is -0.133. The average Bonchev–Trinajstić information content (AvgIpc) is 2.34. The third-order valence-corrected chi connectivity index (χ3v) is 1.58. The molecule has 0 radical (unpaired) electrons. The molecular formula is C8H10F2N4O3. The zero-order valence-corrected chi connectivity index (χ0v) is 8.58. The van der Waals surface area contributed by atoms with E-state index >= 15 is 0 Å². The number of nitrogens with two attached hydrogens (primary N) is 1. The van der Waals surface area contributed by atoms with E-state index in [1.807, 2.05) is 0 Å². The molecule has 0 saturated carbocycles. The summed E-state index contributed by atoms with van der Waals surface area (Å²) in [4.78, 5) is 7.54. The van der Waals surface area contributed by atoms with Gasteiger partial charge < -0.3 is 20.4 Å². The van der Waals surface area contributed by atoms with E-state index in [4.69, 9.17) is 15.7 Å². The number of halogens is 2. The summed E-state index contributed by atoms with van der Waals surface area (Å²) >= 11 is 0. The normalized spacial score (nSPS) is 11.8. The number of ether oxygens (including phenoxy) is 2. The molecular weight excluding hydrogens is 238 g/mol. The molecule has 7 nitrogen and oxygen atoms in total. The molecule has 9 heteroatoms. The first kappa shape index (κ1) is 13.0. The Balaban J connectivity index is 2.41. The Morgan fingerprint density at radius 3 is 2.71 bits per heavy atom. The van der Waals surface area contributed by atoms with Crippen LogP contribution in [-0.4, -0.2) is 40.8 Å². The van der Waals surface area contributed by atoms with Gasteiger partial charge in [0, 0.05) is 0 Å². The minimum Gasteiger partial charge on any atom is -0.474 e. The van der Waals surface area contributed by atoms with Gasteiger partial charge in [-0.15, -0.1) is 0 Å². The molecule has 1 rings (SSSR count). The number of alkyl halides is 2. The minimum atomic E-state index is -2.83. The first-order valence-corrected chi connectivity index (χ1v) is 4.46. The predicted octanol–water partition coefficient (Wildman–Crippen LogP) is 0.189. The Morgan fingerprint density at radius 2 is 2.18 bits per heavy atom. The zero-order valence-electron chi connectivity index (χ0n) is 8.58. The van der Waals surface area contributed by atoms with Gasteiger partial charge in [0.2, 0.25) is 5.88 Å². The van der Waals surface area contributed by atoms with Crippen LogP contribution in [0.25, 0.3) is 0 Å². The summed E-state index contributed by atoms with van der Waals surface area (Å²) in [6.07, 6.45) is 2.44. The summed E-state index contributed by atoms with van der Waals surface area (Å²) in [5.74, 6) is -0.0672. The number of hydrogen-bond acceptors (Lipinski definition) is 6. The largest absolute Gasteiger partial charge is 0.474 e.